The van der Waals surface area contributed by atoms with E-state index in [1.165, 1.54) is 28.4 Å². The second kappa shape index (κ2) is 15.7. The maximum Gasteiger partial charge on any atom is 0.408 e. The molecule has 1 aromatic carbocycles. The number of sulfonamides is 1. The van der Waals surface area contributed by atoms with Gasteiger partial charge in [0.15, 0.2) is 5.82 Å². The summed E-state index contributed by atoms with van der Waals surface area (Å²) >= 11 is 1.29. The van der Waals surface area contributed by atoms with Crippen LogP contribution >= 0.6 is 11.3 Å². The van der Waals surface area contributed by atoms with Gasteiger partial charge in [-0.3, -0.25) is 19.1 Å². The summed E-state index contributed by atoms with van der Waals surface area (Å²) in [5, 5.41) is 5.50. The van der Waals surface area contributed by atoms with Crippen LogP contribution in [0.3, 0.4) is 0 Å². The molecule has 0 spiro atoms. The van der Waals surface area contributed by atoms with Crippen molar-refractivity contribution in [3.63, 3.8) is 0 Å². The molecule has 5 heterocycles. The highest BCUT2D eigenvalue weighted by atomic mass is 32.2. The van der Waals surface area contributed by atoms with Crippen molar-refractivity contribution in [1.29, 1.82) is 0 Å². The first-order chi connectivity index (χ1) is 28.1. The second-order valence-electron chi connectivity index (χ2n) is 16.3. The first kappa shape index (κ1) is 40.5. The summed E-state index contributed by atoms with van der Waals surface area (Å²) in [5.41, 5.74) is -1.56. The molecule has 5 unspecified atom stereocenters. The van der Waals surface area contributed by atoms with Crippen LogP contribution in [0.1, 0.15) is 59.3 Å². The molecule has 19 heteroatoms. The van der Waals surface area contributed by atoms with Gasteiger partial charge >= 0.3 is 6.09 Å². The number of allylic oxidation sites excluding steroid dienone is 1. The van der Waals surface area contributed by atoms with E-state index in [1.54, 1.807) is 51.2 Å². The molecule has 3 N–H and O–H groups in total. The Kier molecular flexibility index (Phi) is 10.8. The number of benzene rings is 1. The summed E-state index contributed by atoms with van der Waals surface area (Å²) in [6.07, 6.45) is 5.56. The maximum atomic E-state index is 14.6. The van der Waals surface area contributed by atoms with Crippen molar-refractivity contribution in [2.45, 2.75) is 93.9 Å². The molecule has 0 bridgehead atoms. The van der Waals surface area contributed by atoms with E-state index in [9.17, 15) is 32.0 Å². The van der Waals surface area contributed by atoms with Gasteiger partial charge in [-0.1, -0.05) is 24.3 Å². The van der Waals surface area contributed by atoms with Gasteiger partial charge in [0.1, 0.15) is 44.7 Å². The molecule has 16 nitrogen and oxygen atoms in total. The Balaban J connectivity index is 1.15. The van der Waals surface area contributed by atoms with Gasteiger partial charge in [-0.25, -0.2) is 27.6 Å². The lowest BCUT2D eigenvalue weighted by Gasteiger charge is -2.30. The Morgan fingerprint density at radius 3 is 2.71 bits per heavy atom. The molecule has 0 radical (unpaired) electrons. The number of thiophene rings is 1. The molecular weight excluding hydrogens is 806 g/mol. The Bertz CT molecular complexity index is 2470. The lowest BCUT2D eigenvalue weighted by atomic mass is 10.1. The number of hydrogen-bond acceptors (Lipinski definition) is 13. The average Bonchev–Trinajstić information content (AvgIpc) is 4.07. The third-order valence-electron chi connectivity index (χ3n) is 10.5. The predicted octanol–water partition coefficient (Wildman–Crippen LogP) is 4.14. The van der Waals surface area contributed by atoms with Gasteiger partial charge in [-0.15, -0.1) is 11.3 Å². The quantitative estimate of drug-likeness (QED) is 0.225. The van der Waals surface area contributed by atoms with E-state index in [4.69, 9.17) is 24.2 Å². The first-order valence-electron chi connectivity index (χ1n) is 19.5. The molecule has 4 amide bonds. The zero-order valence-corrected chi connectivity index (χ0v) is 34.2. The van der Waals surface area contributed by atoms with Gasteiger partial charge in [0.2, 0.25) is 27.7 Å². The lowest BCUT2D eigenvalue weighted by Crippen LogP contribution is -2.59. The van der Waals surface area contributed by atoms with Crippen molar-refractivity contribution in [2.24, 2.45) is 5.92 Å². The Labute approximate surface area is 343 Å². The third-order valence-corrected chi connectivity index (χ3v) is 13.4. The van der Waals surface area contributed by atoms with Gasteiger partial charge in [0.25, 0.3) is 5.91 Å². The number of nitrogens with zero attached hydrogens (tertiary/aromatic N) is 4. The normalized spacial score (nSPS) is 25.3. The Morgan fingerprint density at radius 2 is 1.95 bits per heavy atom. The zero-order chi connectivity index (χ0) is 41.7. The van der Waals surface area contributed by atoms with E-state index in [0.717, 1.165) is 5.39 Å². The standard InChI is InChI=1S/C40H44FN7O9S2/c1-39(2,3)57-38(52)43-28-21-55-16-6-4-5-10-23-19-40(23,37(51)47-59(53,54)26-13-14-26)46-33(49)29-18-25(20-48(29)36(28)50)56-34-31-30(27-12-8-15-42-35(27)58-31)44-32(45-34)22-9-7-11-24(41)17-22/h5,7-12,15,17,23,25-26,28-29H,4,6,13-14,16,18-21H2,1-3H3,(H,43,52)(H,46,49)(H,47,51). The molecule has 3 aromatic heterocycles. The number of rotatable bonds is 7. The molecule has 2 saturated carbocycles. The van der Waals surface area contributed by atoms with E-state index in [1.807, 2.05) is 12.1 Å². The molecule has 4 aliphatic rings. The van der Waals surface area contributed by atoms with Gasteiger partial charge in [-0.2, -0.15) is 4.98 Å². The Morgan fingerprint density at radius 1 is 1.14 bits per heavy atom. The van der Waals surface area contributed by atoms with Crippen LogP contribution in [0.5, 0.6) is 5.88 Å². The van der Waals surface area contributed by atoms with Crippen LogP contribution in [0.25, 0.3) is 31.8 Å². The van der Waals surface area contributed by atoms with E-state index >= 15 is 0 Å². The summed E-state index contributed by atoms with van der Waals surface area (Å²) in [7, 11) is -3.95. The fourth-order valence-corrected chi connectivity index (χ4v) is 9.76. The smallest absolute Gasteiger partial charge is 0.408 e. The number of ether oxygens (including phenoxy) is 3. The highest BCUT2D eigenvalue weighted by Gasteiger charge is 2.62. The SMILES string of the molecule is CC(C)(C)OC(=O)NC1COCCCC=CC2CC2(C(=O)NS(=O)(=O)C2CC2)NC(=O)C2CC(Oc3nc(-c4cccc(F)c4)nc4c3sc3ncccc34)CN2C1=O. The number of carbonyl (C=O) groups excluding carboxylic acids is 4. The molecule has 3 fully saturated rings. The summed E-state index contributed by atoms with van der Waals surface area (Å²) in [6, 6.07) is 6.90. The van der Waals surface area contributed by atoms with Gasteiger partial charge in [-0.05, 0) is 77.1 Å². The fourth-order valence-electron chi connectivity index (χ4n) is 7.38. The monoisotopic (exact) mass is 849 g/mol. The van der Waals surface area contributed by atoms with Crippen LogP contribution in [0.4, 0.5) is 9.18 Å². The largest absolute Gasteiger partial charge is 0.471 e. The van der Waals surface area contributed by atoms with Gasteiger partial charge < -0.3 is 29.7 Å². The van der Waals surface area contributed by atoms with E-state index in [2.05, 4.69) is 20.3 Å². The molecule has 2 aliphatic heterocycles. The van der Waals surface area contributed by atoms with Crippen molar-refractivity contribution in [1.82, 2.24) is 35.2 Å². The maximum absolute atomic E-state index is 14.6. The molecule has 59 heavy (non-hydrogen) atoms. The van der Waals surface area contributed by atoms with Crippen molar-refractivity contribution in [3.05, 3.63) is 60.6 Å². The first-order valence-corrected chi connectivity index (χ1v) is 21.9. The molecular formula is C40H44FN7O9S2. The minimum Gasteiger partial charge on any atom is -0.471 e. The molecule has 5 atom stereocenters. The van der Waals surface area contributed by atoms with E-state index in [-0.39, 0.29) is 44.3 Å². The molecule has 312 valence electrons. The molecule has 8 rings (SSSR count). The lowest BCUT2D eigenvalue weighted by molar-refractivity contribution is -0.142. The van der Waals surface area contributed by atoms with Crippen molar-refractivity contribution >= 4 is 65.6 Å². The number of halogens is 1. The summed E-state index contributed by atoms with van der Waals surface area (Å²) < 4.78 is 60.9. The number of amides is 4. The predicted molar refractivity (Wildman–Crippen MR) is 214 cm³/mol. The van der Waals surface area contributed by atoms with E-state index < -0.39 is 80.2 Å². The summed E-state index contributed by atoms with van der Waals surface area (Å²) in [4.78, 5) is 71.8. The van der Waals surface area contributed by atoms with E-state index in [0.29, 0.717) is 46.3 Å². The van der Waals surface area contributed by atoms with Gasteiger partial charge in [0.05, 0.1) is 23.9 Å². The number of hydrogen-bond donors (Lipinski definition) is 3. The van der Waals surface area contributed by atoms with Crippen LogP contribution in [-0.4, -0.2) is 106 Å². The minimum atomic E-state index is -3.95. The van der Waals surface area contributed by atoms with Crippen molar-refractivity contribution in [3.8, 4) is 17.3 Å². The number of nitrogens with one attached hydrogen (secondary N) is 3. The zero-order valence-electron chi connectivity index (χ0n) is 32.6. The van der Waals surface area contributed by atoms with Gasteiger partial charge in [0, 0.05) is 36.1 Å². The fraction of sp³-hybridized carbons (Fsp3) is 0.475. The second-order valence-corrected chi connectivity index (χ2v) is 19.2. The highest BCUT2D eigenvalue weighted by molar-refractivity contribution is 7.91. The van der Waals surface area contributed by atoms with Crippen molar-refractivity contribution < 1.29 is 46.2 Å². The highest BCUT2D eigenvalue weighted by Crippen LogP contribution is 2.46. The van der Waals surface area contributed by atoms with Crippen molar-refractivity contribution in [2.75, 3.05) is 19.8 Å². The topological polar surface area (TPSA) is 208 Å². The summed E-state index contributed by atoms with van der Waals surface area (Å²) in [6.45, 7) is 4.88. The number of aromatic nitrogens is 3. The van der Waals surface area contributed by atoms with Crippen LogP contribution in [0, 0.1) is 11.7 Å². The minimum absolute atomic E-state index is 0.0832. The van der Waals surface area contributed by atoms with Crippen LogP contribution in [0.2, 0.25) is 0 Å². The van der Waals surface area contributed by atoms with Crippen LogP contribution < -0.4 is 20.1 Å². The molecule has 2 aliphatic carbocycles. The average molecular weight is 850 g/mol. The van der Waals surface area contributed by atoms with Crippen LogP contribution in [0.15, 0.2) is 54.7 Å². The number of pyridine rings is 1. The number of carbonyl (C=O) groups is 4. The number of fused-ring (bicyclic) bond motifs is 5. The third kappa shape index (κ3) is 8.72. The number of alkyl carbamates (subject to hydrolysis) is 1. The molecule has 1 saturated heterocycles. The van der Waals surface area contributed by atoms with Crippen LogP contribution in [-0.2, 0) is 33.9 Å². The Hall–Kier alpha value is -5.27. The summed E-state index contributed by atoms with van der Waals surface area (Å²) in [5.74, 6) is -2.93. The molecule has 4 aromatic rings.